The van der Waals surface area contributed by atoms with Crippen LogP contribution in [0.3, 0.4) is 0 Å². The van der Waals surface area contributed by atoms with Crippen LogP contribution < -0.4 is 15.3 Å². The molecule has 1 unspecified atom stereocenters. The molecule has 0 saturated carbocycles. The average Bonchev–Trinajstić information content (AvgIpc) is 3.37. The Bertz CT molecular complexity index is 1340. The second kappa shape index (κ2) is 8.18. The van der Waals surface area contributed by atoms with Crippen LogP contribution in [0.15, 0.2) is 73.1 Å². The van der Waals surface area contributed by atoms with Crippen LogP contribution in [0.1, 0.15) is 0 Å². The van der Waals surface area contributed by atoms with Gasteiger partial charge in [-0.3, -0.25) is 14.6 Å². The number of nitrogens with one attached hydrogen (secondary N) is 2. The molecule has 1 fully saturated rings. The van der Waals surface area contributed by atoms with E-state index < -0.39 is 11.8 Å². The zero-order chi connectivity index (χ0) is 22.2. The number of hydrogen-bond acceptors (Lipinski definition) is 4. The Kier molecular flexibility index (Phi) is 5.20. The first-order chi connectivity index (χ1) is 15.5. The molecule has 1 aliphatic rings. The summed E-state index contributed by atoms with van der Waals surface area (Å²) < 4.78 is 0. The average molecular weight is 466 g/mol. The van der Waals surface area contributed by atoms with Gasteiger partial charge in [-0.2, -0.15) is 0 Å². The largest absolute Gasteiger partial charge is 0.345 e. The van der Waals surface area contributed by atoms with E-state index in [0.29, 0.717) is 27.1 Å². The summed E-state index contributed by atoms with van der Waals surface area (Å²) in [6.07, 6.45) is 1.59. The second-order valence-corrected chi connectivity index (χ2v) is 8.24. The summed E-state index contributed by atoms with van der Waals surface area (Å²) in [5.74, 6) is -1.68. The first kappa shape index (κ1) is 20.4. The monoisotopic (exact) mass is 465 g/mol. The number of halogens is 2. The molecule has 2 heterocycles. The predicted molar refractivity (Wildman–Crippen MR) is 126 cm³/mol. The van der Waals surface area contributed by atoms with Crippen molar-refractivity contribution < 1.29 is 9.59 Å². The Morgan fingerprint density at radius 1 is 1.00 bits per heavy atom. The summed E-state index contributed by atoms with van der Waals surface area (Å²) in [6.45, 7) is 0.157. The fraction of sp³-hybridized carbons (Fsp3) is 0.0870. The van der Waals surface area contributed by atoms with E-state index >= 15 is 0 Å². The van der Waals surface area contributed by atoms with Gasteiger partial charge in [0.1, 0.15) is 5.92 Å². The van der Waals surface area contributed by atoms with Crippen LogP contribution >= 0.6 is 23.2 Å². The van der Waals surface area contributed by atoms with Crippen LogP contribution in [0.5, 0.6) is 0 Å². The Labute approximate surface area is 193 Å². The lowest BCUT2D eigenvalue weighted by atomic mass is 10.1. The normalized spacial score (nSPS) is 16.1. The molecule has 7 nitrogen and oxygen atoms in total. The maximum Gasteiger partial charge on any atom is 0.260 e. The number of hydrazine groups is 1. The third-order valence-corrected chi connectivity index (χ3v) is 5.74. The summed E-state index contributed by atoms with van der Waals surface area (Å²) in [7, 11) is 0. The summed E-state index contributed by atoms with van der Waals surface area (Å²) >= 11 is 12.4. The van der Waals surface area contributed by atoms with Crippen LogP contribution in [-0.4, -0.2) is 28.3 Å². The number of carbonyl (C=O) groups is 2. The molecular formula is C23H17Cl2N5O2. The lowest BCUT2D eigenvalue weighted by molar-refractivity contribution is -0.128. The van der Waals surface area contributed by atoms with E-state index in [9.17, 15) is 9.59 Å². The van der Waals surface area contributed by atoms with Crippen LogP contribution in [-0.2, 0) is 9.59 Å². The molecule has 1 atom stereocenters. The number of fused-ring (bicyclic) bond motifs is 1. The fourth-order valence-electron chi connectivity index (χ4n) is 3.77. The maximum absolute atomic E-state index is 13.4. The Morgan fingerprint density at radius 2 is 1.72 bits per heavy atom. The molecule has 9 heteroatoms. The molecule has 5 rings (SSSR count). The minimum atomic E-state index is -0.926. The number of aromatic nitrogens is 2. The molecule has 32 heavy (non-hydrogen) atoms. The molecular weight excluding hydrogens is 449 g/mol. The minimum Gasteiger partial charge on any atom is -0.345 e. The zero-order valence-corrected chi connectivity index (χ0v) is 18.1. The number of carbonyl (C=O) groups excluding carboxylic acids is 2. The van der Waals surface area contributed by atoms with E-state index in [-0.39, 0.29) is 12.5 Å². The standard InChI is InChI=1S/C23H17Cl2N5O2/c24-14-3-1-5-17(9-14)29-12-19(23(32)30(29)18-6-2-4-15(25)10-18)22(31)28-16-7-8-20-21(11-16)27-13-26-20/h1-11,13,19H,12H2,(H,26,27)(H,28,31). The van der Waals surface area contributed by atoms with Gasteiger partial charge in [-0.15, -0.1) is 0 Å². The molecule has 1 aromatic heterocycles. The molecule has 0 aliphatic carbocycles. The molecule has 3 aromatic carbocycles. The van der Waals surface area contributed by atoms with Crippen molar-refractivity contribution in [1.82, 2.24) is 9.97 Å². The van der Waals surface area contributed by atoms with Gasteiger partial charge in [-0.05, 0) is 54.6 Å². The molecule has 4 aromatic rings. The third-order valence-electron chi connectivity index (χ3n) is 5.27. The van der Waals surface area contributed by atoms with Crippen molar-refractivity contribution in [3.8, 4) is 0 Å². The van der Waals surface area contributed by atoms with Crippen molar-refractivity contribution in [2.75, 3.05) is 21.9 Å². The summed E-state index contributed by atoms with van der Waals surface area (Å²) in [6, 6.07) is 19.4. The highest BCUT2D eigenvalue weighted by atomic mass is 35.5. The van der Waals surface area contributed by atoms with E-state index in [0.717, 1.165) is 11.0 Å². The molecule has 2 amide bonds. The van der Waals surface area contributed by atoms with Crippen LogP contribution in [0.4, 0.5) is 17.1 Å². The van der Waals surface area contributed by atoms with E-state index in [4.69, 9.17) is 23.2 Å². The SMILES string of the molecule is O=C(Nc1ccc2nc[nH]c2c1)C1CN(c2cccc(Cl)c2)N(c2cccc(Cl)c2)C1=O. The minimum absolute atomic E-state index is 0.157. The number of hydrogen-bond donors (Lipinski definition) is 2. The van der Waals surface area contributed by atoms with E-state index in [1.165, 1.54) is 5.01 Å². The van der Waals surface area contributed by atoms with Crippen molar-refractivity contribution >= 4 is 63.1 Å². The Morgan fingerprint density at radius 3 is 2.47 bits per heavy atom. The van der Waals surface area contributed by atoms with Crippen molar-refractivity contribution in [2.45, 2.75) is 0 Å². The first-order valence-electron chi connectivity index (χ1n) is 9.86. The number of nitrogens with zero attached hydrogens (tertiary/aromatic N) is 3. The highest BCUT2D eigenvalue weighted by molar-refractivity contribution is 6.31. The van der Waals surface area contributed by atoms with Crippen molar-refractivity contribution in [1.29, 1.82) is 0 Å². The summed E-state index contributed by atoms with van der Waals surface area (Å²) in [5.41, 5.74) is 3.42. The van der Waals surface area contributed by atoms with E-state index in [1.807, 2.05) is 6.07 Å². The van der Waals surface area contributed by atoms with Gasteiger partial charge in [0.15, 0.2) is 0 Å². The van der Waals surface area contributed by atoms with Gasteiger partial charge in [-0.1, -0.05) is 35.3 Å². The van der Waals surface area contributed by atoms with Gasteiger partial charge < -0.3 is 10.3 Å². The Hall–Kier alpha value is -3.55. The molecule has 1 saturated heterocycles. The highest BCUT2D eigenvalue weighted by Crippen LogP contribution is 2.33. The van der Waals surface area contributed by atoms with E-state index in [2.05, 4.69) is 15.3 Å². The molecule has 1 aliphatic heterocycles. The van der Waals surface area contributed by atoms with Crippen LogP contribution in [0.2, 0.25) is 10.0 Å². The molecule has 0 spiro atoms. The third kappa shape index (κ3) is 3.77. The van der Waals surface area contributed by atoms with Gasteiger partial charge >= 0.3 is 0 Å². The number of aromatic amines is 1. The lowest BCUT2D eigenvalue weighted by Crippen LogP contribution is -2.39. The predicted octanol–water partition coefficient (Wildman–Crippen LogP) is 4.89. The van der Waals surface area contributed by atoms with Gasteiger partial charge in [0.25, 0.3) is 5.91 Å². The van der Waals surface area contributed by atoms with E-state index in [1.54, 1.807) is 72.0 Å². The van der Waals surface area contributed by atoms with Gasteiger partial charge in [0.05, 0.1) is 35.3 Å². The number of imidazole rings is 1. The number of anilines is 3. The van der Waals surface area contributed by atoms with Crippen LogP contribution in [0, 0.1) is 5.92 Å². The van der Waals surface area contributed by atoms with Crippen LogP contribution in [0.25, 0.3) is 11.0 Å². The molecule has 160 valence electrons. The summed E-state index contributed by atoms with van der Waals surface area (Å²) in [5, 5.41) is 7.08. The highest BCUT2D eigenvalue weighted by Gasteiger charge is 2.43. The number of amides is 2. The molecule has 0 radical (unpaired) electrons. The maximum atomic E-state index is 13.4. The van der Waals surface area contributed by atoms with Gasteiger partial charge in [-0.25, -0.2) is 9.99 Å². The number of rotatable bonds is 4. The van der Waals surface area contributed by atoms with Gasteiger partial charge in [0, 0.05) is 15.7 Å². The topological polar surface area (TPSA) is 81.3 Å². The first-order valence-corrected chi connectivity index (χ1v) is 10.6. The van der Waals surface area contributed by atoms with Crippen molar-refractivity contribution in [3.05, 3.63) is 83.1 Å². The smallest absolute Gasteiger partial charge is 0.260 e. The molecule has 0 bridgehead atoms. The number of benzene rings is 3. The van der Waals surface area contributed by atoms with Crippen molar-refractivity contribution in [2.24, 2.45) is 5.92 Å². The quantitative estimate of drug-likeness (QED) is 0.420. The zero-order valence-electron chi connectivity index (χ0n) is 16.6. The summed E-state index contributed by atoms with van der Waals surface area (Å²) in [4.78, 5) is 33.7. The Balaban J connectivity index is 1.47. The number of H-pyrrole nitrogens is 1. The lowest BCUT2D eigenvalue weighted by Gasteiger charge is -2.29. The van der Waals surface area contributed by atoms with Crippen molar-refractivity contribution in [3.63, 3.8) is 0 Å². The second-order valence-electron chi connectivity index (χ2n) is 7.37. The molecule has 2 N–H and O–H groups in total. The van der Waals surface area contributed by atoms with Gasteiger partial charge in [0.2, 0.25) is 5.91 Å². The fourth-order valence-corrected chi connectivity index (χ4v) is 4.14.